The summed E-state index contributed by atoms with van der Waals surface area (Å²) in [5, 5.41) is 10.6. The second kappa shape index (κ2) is 6.28. The number of rotatable bonds is 3. The second-order valence-electron chi connectivity index (χ2n) is 3.94. The van der Waals surface area contributed by atoms with E-state index in [9.17, 15) is 23.1 Å². The van der Waals surface area contributed by atoms with Crippen molar-refractivity contribution < 1.29 is 41.9 Å². The maximum Gasteiger partial charge on any atom is 1.00 e. The minimum atomic E-state index is -4.56. The van der Waals surface area contributed by atoms with Gasteiger partial charge in [-0.1, -0.05) is 0 Å². The predicted octanol–water partition coefficient (Wildman–Crippen LogP) is -1.87. The van der Waals surface area contributed by atoms with Crippen LogP contribution in [0.3, 0.4) is 0 Å². The monoisotopic (exact) mass is 253 g/mol. The van der Waals surface area contributed by atoms with Crippen LogP contribution in [-0.2, 0) is 12.7 Å². The standard InChI is InChI=1S/C11H12F3NO2.Li/c1-15(2)6-7-3-8(10(16)17)5-9(4-7)11(12,13)14;/h3-5H,6H2,1-2H3,(H,16,17);/q;+1/p-1. The Morgan fingerprint density at radius 2 is 1.83 bits per heavy atom. The first kappa shape index (κ1) is 17.0. The van der Waals surface area contributed by atoms with E-state index in [2.05, 4.69) is 0 Å². The second-order valence-corrected chi connectivity index (χ2v) is 3.94. The summed E-state index contributed by atoms with van der Waals surface area (Å²) in [7, 11) is 3.36. The van der Waals surface area contributed by atoms with E-state index >= 15 is 0 Å². The molecule has 0 aliphatic rings. The molecule has 0 saturated carbocycles. The van der Waals surface area contributed by atoms with Crippen molar-refractivity contribution in [1.29, 1.82) is 0 Å². The maximum absolute atomic E-state index is 12.5. The van der Waals surface area contributed by atoms with Crippen molar-refractivity contribution in [2.24, 2.45) is 0 Å². The van der Waals surface area contributed by atoms with Gasteiger partial charge in [0.2, 0.25) is 0 Å². The van der Waals surface area contributed by atoms with Crippen molar-refractivity contribution >= 4 is 5.97 Å². The van der Waals surface area contributed by atoms with E-state index in [0.717, 1.165) is 6.07 Å². The van der Waals surface area contributed by atoms with Gasteiger partial charge in [0.25, 0.3) is 0 Å². The fourth-order valence-electron chi connectivity index (χ4n) is 1.43. The van der Waals surface area contributed by atoms with E-state index in [1.54, 1.807) is 19.0 Å². The molecule has 0 fully saturated rings. The number of carbonyl (C=O) groups excluding carboxylic acids is 1. The van der Waals surface area contributed by atoms with Gasteiger partial charge in [0.1, 0.15) is 0 Å². The Bertz CT molecular complexity index is 433. The number of hydrogen-bond donors (Lipinski definition) is 0. The number of halogens is 3. The number of alkyl halides is 3. The van der Waals surface area contributed by atoms with Crippen LogP contribution < -0.4 is 24.0 Å². The molecule has 1 aromatic carbocycles. The number of aromatic carboxylic acids is 1. The van der Waals surface area contributed by atoms with Crippen molar-refractivity contribution in [3.8, 4) is 0 Å². The van der Waals surface area contributed by atoms with Gasteiger partial charge in [0.15, 0.2) is 0 Å². The summed E-state index contributed by atoms with van der Waals surface area (Å²) in [6.07, 6.45) is -4.56. The third-order valence-electron chi connectivity index (χ3n) is 2.05. The van der Waals surface area contributed by atoms with Crippen LogP contribution in [0.25, 0.3) is 0 Å². The van der Waals surface area contributed by atoms with Crippen LogP contribution in [0.2, 0.25) is 0 Å². The first-order chi connectivity index (χ1) is 7.70. The van der Waals surface area contributed by atoms with Gasteiger partial charge in [-0.05, 0) is 43.4 Å². The molecule has 0 saturated heterocycles. The van der Waals surface area contributed by atoms with Gasteiger partial charge in [-0.15, -0.1) is 0 Å². The van der Waals surface area contributed by atoms with Crippen molar-refractivity contribution in [3.05, 3.63) is 34.9 Å². The van der Waals surface area contributed by atoms with Crippen LogP contribution in [-0.4, -0.2) is 25.0 Å². The molecule has 0 spiro atoms. The summed E-state index contributed by atoms with van der Waals surface area (Å²) in [6.45, 7) is 0.226. The van der Waals surface area contributed by atoms with E-state index < -0.39 is 23.3 Å². The van der Waals surface area contributed by atoms with Gasteiger partial charge in [-0.25, -0.2) is 0 Å². The summed E-state index contributed by atoms with van der Waals surface area (Å²) in [6, 6.07) is 2.70. The Morgan fingerprint density at radius 3 is 2.22 bits per heavy atom. The molecule has 1 aromatic rings. The minimum absolute atomic E-state index is 0. The van der Waals surface area contributed by atoms with Gasteiger partial charge in [-0.2, -0.15) is 13.2 Å². The summed E-state index contributed by atoms with van der Waals surface area (Å²) in [5.41, 5.74) is -1.16. The zero-order valence-corrected chi connectivity index (χ0v) is 10.3. The van der Waals surface area contributed by atoms with Gasteiger partial charge in [-0.3, -0.25) is 0 Å². The van der Waals surface area contributed by atoms with Crippen LogP contribution >= 0.6 is 0 Å². The molecule has 0 aromatic heterocycles. The molecule has 0 unspecified atom stereocenters. The normalized spacial score (nSPS) is 11.2. The fraction of sp³-hybridized carbons (Fsp3) is 0.364. The Kier molecular flexibility index (Phi) is 5.94. The molecule has 0 atom stereocenters. The Hall–Kier alpha value is -0.963. The summed E-state index contributed by atoms with van der Waals surface area (Å²) in [5.74, 6) is -1.61. The molecular formula is C11H11F3LiNO2. The molecule has 7 heteroatoms. The molecule has 0 N–H and O–H groups in total. The first-order valence-electron chi connectivity index (χ1n) is 4.77. The predicted molar refractivity (Wildman–Crippen MR) is 53.2 cm³/mol. The minimum Gasteiger partial charge on any atom is -0.545 e. The van der Waals surface area contributed by atoms with Crippen LogP contribution in [0.5, 0.6) is 0 Å². The largest absolute Gasteiger partial charge is 1.00 e. The molecule has 0 aliphatic heterocycles. The smallest absolute Gasteiger partial charge is 0.545 e. The van der Waals surface area contributed by atoms with E-state index in [-0.39, 0.29) is 31.0 Å². The number of nitrogens with zero attached hydrogens (tertiary/aromatic N) is 1. The van der Waals surface area contributed by atoms with Crippen molar-refractivity contribution in [3.63, 3.8) is 0 Å². The molecule has 0 bridgehead atoms. The zero-order valence-electron chi connectivity index (χ0n) is 10.3. The molecule has 18 heavy (non-hydrogen) atoms. The third kappa shape index (κ3) is 4.73. The summed E-state index contributed by atoms with van der Waals surface area (Å²) >= 11 is 0. The van der Waals surface area contributed by atoms with Crippen molar-refractivity contribution in [1.82, 2.24) is 4.90 Å². The van der Waals surface area contributed by atoms with Crippen molar-refractivity contribution in [2.45, 2.75) is 12.7 Å². The maximum atomic E-state index is 12.5. The number of carbonyl (C=O) groups is 1. The average molecular weight is 253 g/mol. The molecule has 1 rings (SSSR count). The van der Waals surface area contributed by atoms with E-state index in [0.29, 0.717) is 6.07 Å². The number of carboxylic acids is 1. The molecule has 3 nitrogen and oxygen atoms in total. The quantitative estimate of drug-likeness (QED) is 0.593. The van der Waals surface area contributed by atoms with Gasteiger partial charge in [0.05, 0.1) is 11.5 Å². The first-order valence-corrected chi connectivity index (χ1v) is 4.77. The zero-order chi connectivity index (χ0) is 13.2. The van der Waals surface area contributed by atoms with E-state index in [1.807, 2.05) is 0 Å². The van der Waals surface area contributed by atoms with Crippen LogP contribution in [0.15, 0.2) is 18.2 Å². The van der Waals surface area contributed by atoms with E-state index in [1.165, 1.54) is 6.07 Å². The summed E-state index contributed by atoms with van der Waals surface area (Å²) in [4.78, 5) is 12.3. The van der Waals surface area contributed by atoms with Crippen LogP contribution in [0, 0.1) is 0 Å². The van der Waals surface area contributed by atoms with E-state index in [4.69, 9.17) is 0 Å². The third-order valence-corrected chi connectivity index (χ3v) is 2.05. The molecule has 94 valence electrons. The Morgan fingerprint density at radius 1 is 1.28 bits per heavy atom. The molecule has 0 heterocycles. The summed E-state index contributed by atoms with van der Waals surface area (Å²) < 4.78 is 37.6. The SMILES string of the molecule is CN(C)Cc1cc(C(=O)[O-])cc(C(F)(F)F)c1.[Li+]. The van der Waals surface area contributed by atoms with Gasteiger partial charge < -0.3 is 14.8 Å². The van der Waals surface area contributed by atoms with Crippen LogP contribution in [0.1, 0.15) is 21.5 Å². The Balaban J connectivity index is 0.00000289. The topological polar surface area (TPSA) is 43.4 Å². The molecular weight excluding hydrogens is 242 g/mol. The Labute approximate surface area is 115 Å². The molecule has 0 amide bonds. The number of benzene rings is 1. The van der Waals surface area contributed by atoms with Crippen molar-refractivity contribution in [2.75, 3.05) is 14.1 Å². The number of carboxylic acid groups (broad SMARTS) is 1. The van der Waals surface area contributed by atoms with Crippen LogP contribution in [0.4, 0.5) is 13.2 Å². The molecule has 0 aliphatic carbocycles. The van der Waals surface area contributed by atoms with Gasteiger partial charge >= 0.3 is 25.0 Å². The fourth-order valence-corrected chi connectivity index (χ4v) is 1.43. The average Bonchev–Trinajstić information content (AvgIpc) is 2.14. The number of hydrogen-bond acceptors (Lipinski definition) is 3. The van der Waals surface area contributed by atoms with Gasteiger partial charge in [0, 0.05) is 6.54 Å². The molecule has 0 radical (unpaired) electrons.